The summed E-state index contributed by atoms with van der Waals surface area (Å²) >= 11 is 1.87. The lowest BCUT2D eigenvalue weighted by Gasteiger charge is -2.05. The molecule has 0 saturated carbocycles. The third kappa shape index (κ3) is 5.08. The molecule has 0 aromatic carbocycles. The summed E-state index contributed by atoms with van der Waals surface area (Å²) in [6, 6.07) is 0. The minimum absolute atomic E-state index is 0.313. The summed E-state index contributed by atoms with van der Waals surface area (Å²) in [4.78, 5) is 4.43. The zero-order valence-corrected chi connectivity index (χ0v) is 11.8. The Morgan fingerprint density at radius 2 is 2.18 bits per heavy atom. The van der Waals surface area contributed by atoms with E-state index in [2.05, 4.69) is 30.9 Å². The molecule has 5 heteroatoms. The smallest absolute Gasteiger partial charge is 0.229 e. The van der Waals surface area contributed by atoms with Gasteiger partial charge in [-0.05, 0) is 25.8 Å². The molecule has 0 aliphatic carbocycles. The predicted molar refractivity (Wildman–Crippen MR) is 72.0 cm³/mol. The van der Waals surface area contributed by atoms with Crippen LogP contribution in [0.1, 0.15) is 57.7 Å². The van der Waals surface area contributed by atoms with Gasteiger partial charge in [0.1, 0.15) is 0 Å². The minimum atomic E-state index is 0.313. The molecule has 2 N–H and O–H groups in total. The van der Waals surface area contributed by atoms with E-state index in [1.807, 2.05) is 11.8 Å². The molecule has 0 aliphatic rings. The maximum Gasteiger partial charge on any atom is 0.229 e. The molecule has 0 aliphatic heterocycles. The summed E-state index contributed by atoms with van der Waals surface area (Å²) in [7, 11) is 0. The molecule has 98 valence electrons. The normalized spacial score (nSPS) is 14.8. The van der Waals surface area contributed by atoms with Gasteiger partial charge < -0.3 is 10.3 Å². The summed E-state index contributed by atoms with van der Waals surface area (Å²) in [6.45, 7) is 7.23. The molecular weight excluding hydrogens is 234 g/mol. The standard InChI is InChI=1S/C12H23N3OS/c1-4-10(3)17-8-11-14-12(16-15-11)9(2)6-5-7-13/h9-10H,4-8,13H2,1-3H3. The Bertz CT molecular complexity index is 316. The van der Waals surface area contributed by atoms with Crippen LogP contribution in [-0.2, 0) is 5.75 Å². The van der Waals surface area contributed by atoms with Crippen LogP contribution in [0.2, 0.25) is 0 Å². The van der Waals surface area contributed by atoms with Crippen molar-refractivity contribution >= 4 is 11.8 Å². The van der Waals surface area contributed by atoms with E-state index in [0.29, 0.717) is 11.2 Å². The van der Waals surface area contributed by atoms with Gasteiger partial charge in [0.2, 0.25) is 5.89 Å². The largest absolute Gasteiger partial charge is 0.339 e. The van der Waals surface area contributed by atoms with Gasteiger partial charge in [0.25, 0.3) is 0 Å². The molecule has 0 bridgehead atoms. The highest BCUT2D eigenvalue weighted by atomic mass is 32.2. The molecule has 2 atom stereocenters. The van der Waals surface area contributed by atoms with E-state index in [1.54, 1.807) is 0 Å². The fourth-order valence-electron chi connectivity index (χ4n) is 1.41. The monoisotopic (exact) mass is 257 g/mol. The number of hydrogen-bond acceptors (Lipinski definition) is 5. The molecule has 0 amide bonds. The Hall–Kier alpha value is -0.550. The van der Waals surface area contributed by atoms with E-state index in [9.17, 15) is 0 Å². The second-order valence-corrected chi connectivity index (χ2v) is 5.84. The van der Waals surface area contributed by atoms with E-state index >= 15 is 0 Å². The fraction of sp³-hybridized carbons (Fsp3) is 0.833. The van der Waals surface area contributed by atoms with Gasteiger partial charge in [0, 0.05) is 11.2 Å². The van der Waals surface area contributed by atoms with E-state index in [4.69, 9.17) is 10.3 Å². The Kier molecular flexibility index (Phi) is 6.58. The van der Waals surface area contributed by atoms with E-state index in [0.717, 1.165) is 36.9 Å². The zero-order chi connectivity index (χ0) is 12.7. The molecule has 0 fully saturated rings. The minimum Gasteiger partial charge on any atom is -0.339 e. The molecule has 4 nitrogen and oxygen atoms in total. The number of nitrogens with zero attached hydrogens (tertiary/aromatic N) is 2. The summed E-state index contributed by atoms with van der Waals surface area (Å²) in [5, 5.41) is 4.66. The summed E-state index contributed by atoms with van der Waals surface area (Å²) in [5.74, 6) is 2.71. The van der Waals surface area contributed by atoms with Crippen molar-refractivity contribution in [2.45, 2.75) is 57.0 Å². The lowest BCUT2D eigenvalue weighted by Crippen LogP contribution is -2.02. The van der Waals surface area contributed by atoms with Crippen LogP contribution in [0.3, 0.4) is 0 Å². The average Bonchev–Trinajstić information content (AvgIpc) is 2.81. The number of nitrogens with two attached hydrogens (primary N) is 1. The summed E-state index contributed by atoms with van der Waals surface area (Å²) in [5.41, 5.74) is 5.49. The zero-order valence-electron chi connectivity index (χ0n) is 11.0. The van der Waals surface area contributed by atoms with Crippen molar-refractivity contribution in [2.24, 2.45) is 5.73 Å². The van der Waals surface area contributed by atoms with Crippen molar-refractivity contribution < 1.29 is 4.52 Å². The van der Waals surface area contributed by atoms with Gasteiger partial charge in [-0.2, -0.15) is 16.7 Å². The molecule has 1 rings (SSSR count). The Labute approximate surface area is 108 Å². The van der Waals surface area contributed by atoms with Crippen LogP contribution >= 0.6 is 11.8 Å². The predicted octanol–water partition coefficient (Wildman–Crippen LogP) is 2.94. The number of rotatable bonds is 8. The van der Waals surface area contributed by atoms with Crippen LogP contribution in [0.5, 0.6) is 0 Å². The molecule has 0 radical (unpaired) electrons. The van der Waals surface area contributed by atoms with Gasteiger partial charge >= 0.3 is 0 Å². The second kappa shape index (κ2) is 7.71. The average molecular weight is 257 g/mol. The molecular formula is C12H23N3OS. The maximum absolute atomic E-state index is 5.49. The third-order valence-electron chi connectivity index (χ3n) is 2.82. The molecule has 2 unspecified atom stereocenters. The number of hydrogen-bond donors (Lipinski definition) is 1. The van der Waals surface area contributed by atoms with Crippen molar-refractivity contribution in [3.05, 3.63) is 11.7 Å². The van der Waals surface area contributed by atoms with Crippen LogP contribution in [0.15, 0.2) is 4.52 Å². The number of aromatic nitrogens is 2. The first kappa shape index (κ1) is 14.5. The lowest BCUT2D eigenvalue weighted by atomic mass is 10.1. The number of thioether (sulfide) groups is 1. The molecule has 0 spiro atoms. The van der Waals surface area contributed by atoms with Crippen molar-refractivity contribution in [1.29, 1.82) is 0 Å². The van der Waals surface area contributed by atoms with Crippen LogP contribution in [-0.4, -0.2) is 21.9 Å². The highest BCUT2D eigenvalue weighted by Gasteiger charge is 2.14. The highest BCUT2D eigenvalue weighted by Crippen LogP contribution is 2.21. The van der Waals surface area contributed by atoms with Gasteiger partial charge in [-0.15, -0.1) is 0 Å². The molecule has 1 aromatic heterocycles. The van der Waals surface area contributed by atoms with Gasteiger partial charge in [-0.25, -0.2) is 0 Å². The highest BCUT2D eigenvalue weighted by molar-refractivity contribution is 7.99. The van der Waals surface area contributed by atoms with E-state index in [-0.39, 0.29) is 0 Å². The van der Waals surface area contributed by atoms with Crippen molar-refractivity contribution in [1.82, 2.24) is 10.1 Å². The van der Waals surface area contributed by atoms with Crippen LogP contribution in [0.25, 0.3) is 0 Å². The molecule has 1 heterocycles. The fourth-order valence-corrected chi connectivity index (χ4v) is 2.19. The van der Waals surface area contributed by atoms with Gasteiger partial charge in [-0.3, -0.25) is 0 Å². The Balaban J connectivity index is 2.41. The Morgan fingerprint density at radius 1 is 1.41 bits per heavy atom. The van der Waals surface area contributed by atoms with Crippen molar-refractivity contribution in [3.8, 4) is 0 Å². The summed E-state index contributed by atoms with van der Waals surface area (Å²) in [6.07, 6.45) is 3.18. The summed E-state index contributed by atoms with van der Waals surface area (Å²) < 4.78 is 5.27. The molecule has 17 heavy (non-hydrogen) atoms. The van der Waals surface area contributed by atoms with E-state index in [1.165, 1.54) is 6.42 Å². The topological polar surface area (TPSA) is 64.9 Å². The third-order valence-corrected chi connectivity index (χ3v) is 4.15. The molecule has 1 aromatic rings. The first-order chi connectivity index (χ1) is 8.17. The second-order valence-electron chi connectivity index (χ2n) is 4.41. The SMILES string of the molecule is CCC(C)SCc1noc(C(C)CCCN)n1. The quantitative estimate of drug-likeness (QED) is 0.775. The van der Waals surface area contributed by atoms with Crippen LogP contribution < -0.4 is 5.73 Å². The van der Waals surface area contributed by atoms with E-state index < -0.39 is 0 Å². The maximum atomic E-state index is 5.49. The lowest BCUT2D eigenvalue weighted by molar-refractivity contribution is 0.349. The van der Waals surface area contributed by atoms with Gasteiger partial charge in [-0.1, -0.05) is 25.9 Å². The first-order valence-corrected chi connectivity index (χ1v) is 7.36. The van der Waals surface area contributed by atoms with Crippen LogP contribution in [0, 0.1) is 0 Å². The first-order valence-electron chi connectivity index (χ1n) is 6.31. The van der Waals surface area contributed by atoms with Crippen LogP contribution in [0.4, 0.5) is 0 Å². The van der Waals surface area contributed by atoms with Gasteiger partial charge in [0.15, 0.2) is 5.82 Å². The van der Waals surface area contributed by atoms with Crippen molar-refractivity contribution in [3.63, 3.8) is 0 Å². The Morgan fingerprint density at radius 3 is 2.82 bits per heavy atom. The van der Waals surface area contributed by atoms with Crippen molar-refractivity contribution in [2.75, 3.05) is 6.54 Å². The molecule has 0 saturated heterocycles. The van der Waals surface area contributed by atoms with Gasteiger partial charge in [0.05, 0.1) is 5.75 Å².